The zero-order valence-electron chi connectivity index (χ0n) is 11.2. The molecule has 0 bridgehead atoms. The number of rotatable bonds is 3. The molecule has 20 heavy (non-hydrogen) atoms. The number of benzene rings is 1. The highest BCUT2D eigenvalue weighted by atomic mass is 35.5. The monoisotopic (exact) mass is 311 g/mol. The summed E-state index contributed by atoms with van der Waals surface area (Å²) in [5.74, 6) is 2.51. The number of aromatic nitrogens is 3. The molecule has 0 radical (unpaired) electrons. The van der Waals surface area contributed by atoms with Gasteiger partial charge in [-0.2, -0.15) is 0 Å². The van der Waals surface area contributed by atoms with Crippen LogP contribution < -0.4 is 4.74 Å². The van der Waals surface area contributed by atoms with Crippen LogP contribution in [0.3, 0.4) is 0 Å². The van der Waals surface area contributed by atoms with Gasteiger partial charge in [0.1, 0.15) is 11.6 Å². The van der Waals surface area contributed by atoms with E-state index in [0.29, 0.717) is 11.6 Å². The lowest BCUT2D eigenvalue weighted by atomic mass is 10.1. The van der Waals surface area contributed by atoms with Crippen molar-refractivity contribution in [1.82, 2.24) is 14.8 Å². The van der Waals surface area contributed by atoms with Gasteiger partial charge in [0, 0.05) is 29.0 Å². The molecule has 1 aliphatic rings. The summed E-state index contributed by atoms with van der Waals surface area (Å²) in [7, 11) is 1.95. The fourth-order valence-electron chi connectivity index (χ4n) is 2.02. The number of nitrogens with zero attached hydrogens (tertiary/aromatic N) is 3. The number of aryl methyl sites for hydroxylation is 1. The number of thioether (sulfide) groups is 1. The van der Waals surface area contributed by atoms with E-state index in [4.69, 9.17) is 21.1 Å². The molecule has 0 saturated carbocycles. The van der Waals surface area contributed by atoms with E-state index in [2.05, 4.69) is 10.2 Å². The molecule has 5 nitrogen and oxygen atoms in total. The molecule has 0 atom stereocenters. The Labute approximate surface area is 126 Å². The summed E-state index contributed by atoms with van der Waals surface area (Å²) in [5, 5.41) is 9.77. The average Bonchev–Trinajstić information content (AvgIpc) is 2.76. The summed E-state index contributed by atoms with van der Waals surface area (Å²) >= 11 is 7.76. The standard InChI is InChI=1S/C13H14ClN3O2S/c1-8-15-16-13(17(8)2)20-6-10-4-11(14)3-9-5-18-7-19-12(9)10/h3-4H,5-7H2,1-2H3. The molecule has 0 fully saturated rings. The Kier molecular flexibility index (Phi) is 3.87. The van der Waals surface area contributed by atoms with E-state index in [9.17, 15) is 0 Å². The molecule has 1 aromatic heterocycles. The normalized spacial score (nSPS) is 13.9. The zero-order chi connectivity index (χ0) is 14.1. The summed E-state index contributed by atoms with van der Waals surface area (Å²) in [4.78, 5) is 0. The van der Waals surface area contributed by atoms with Crippen molar-refractivity contribution < 1.29 is 9.47 Å². The number of fused-ring (bicyclic) bond motifs is 1. The van der Waals surface area contributed by atoms with E-state index in [1.54, 1.807) is 11.8 Å². The van der Waals surface area contributed by atoms with Crippen LogP contribution in [0.5, 0.6) is 5.75 Å². The lowest BCUT2D eigenvalue weighted by Crippen LogP contribution is -2.13. The third kappa shape index (κ3) is 2.63. The van der Waals surface area contributed by atoms with Crippen LogP contribution in [0.4, 0.5) is 0 Å². The minimum atomic E-state index is 0.287. The van der Waals surface area contributed by atoms with Crippen molar-refractivity contribution >= 4 is 23.4 Å². The minimum Gasteiger partial charge on any atom is -0.467 e. The van der Waals surface area contributed by atoms with Gasteiger partial charge in [-0.05, 0) is 19.1 Å². The van der Waals surface area contributed by atoms with Gasteiger partial charge in [-0.15, -0.1) is 10.2 Å². The molecule has 2 aromatic rings. The fourth-order valence-corrected chi connectivity index (χ4v) is 3.21. The van der Waals surface area contributed by atoms with Crippen molar-refractivity contribution in [3.8, 4) is 5.75 Å². The SMILES string of the molecule is Cc1nnc(SCc2cc(Cl)cc3c2OCOC3)n1C. The molecular weight excluding hydrogens is 298 g/mol. The topological polar surface area (TPSA) is 49.2 Å². The van der Waals surface area contributed by atoms with Crippen molar-refractivity contribution in [3.05, 3.63) is 34.1 Å². The Morgan fingerprint density at radius 1 is 1.40 bits per heavy atom. The molecular formula is C13H14ClN3O2S. The maximum Gasteiger partial charge on any atom is 0.191 e. The third-order valence-corrected chi connectivity index (χ3v) is 4.45. The highest BCUT2D eigenvalue weighted by molar-refractivity contribution is 7.98. The number of ether oxygens (including phenoxy) is 2. The van der Waals surface area contributed by atoms with Crippen molar-refractivity contribution in [2.75, 3.05) is 6.79 Å². The van der Waals surface area contributed by atoms with Gasteiger partial charge in [0.05, 0.1) is 6.61 Å². The van der Waals surface area contributed by atoms with Crippen LogP contribution in [-0.2, 0) is 24.1 Å². The summed E-state index contributed by atoms with van der Waals surface area (Å²) in [5.41, 5.74) is 2.05. The van der Waals surface area contributed by atoms with Gasteiger partial charge < -0.3 is 14.0 Å². The highest BCUT2D eigenvalue weighted by Gasteiger charge is 2.17. The van der Waals surface area contributed by atoms with E-state index in [1.807, 2.05) is 30.7 Å². The smallest absolute Gasteiger partial charge is 0.191 e. The maximum absolute atomic E-state index is 6.15. The van der Waals surface area contributed by atoms with E-state index < -0.39 is 0 Å². The molecule has 2 heterocycles. The van der Waals surface area contributed by atoms with Gasteiger partial charge in [-0.1, -0.05) is 23.4 Å². The molecule has 0 N–H and O–H groups in total. The summed E-state index contributed by atoms with van der Waals surface area (Å²) in [6.07, 6.45) is 0. The first-order chi connectivity index (χ1) is 9.65. The second kappa shape index (κ2) is 5.63. The highest BCUT2D eigenvalue weighted by Crippen LogP contribution is 2.35. The van der Waals surface area contributed by atoms with Crippen molar-refractivity contribution in [3.63, 3.8) is 0 Å². The fraction of sp³-hybridized carbons (Fsp3) is 0.385. The van der Waals surface area contributed by atoms with Crippen LogP contribution in [0.25, 0.3) is 0 Å². The van der Waals surface area contributed by atoms with E-state index in [1.165, 1.54) is 0 Å². The Morgan fingerprint density at radius 2 is 2.25 bits per heavy atom. The zero-order valence-corrected chi connectivity index (χ0v) is 12.8. The Bertz CT molecular complexity index is 645. The third-order valence-electron chi connectivity index (χ3n) is 3.16. The van der Waals surface area contributed by atoms with Gasteiger partial charge in [0.2, 0.25) is 0 Å². The van der Waals surface area contributed by atoms with Crippen molar-refractivity contribution in [1.29, 1.82) is 0 Å². The van der Waals surface area contributed by atoms with Crippen LogP contribution in [0, 0.1) is 6.92 Å². The quantitative estimate of drug-likeness (QED) is 0.816. The number of halogens is 1. The summed E-state index contributed by atoms with van der Waals surface area (Å²) < 4.78 is 12.8. The Balaban J connectivity index is 1.84. The molecule has 7 heteroatoms. The molecule has 0 aliphatic carbocycles. The van der Waals surface area contributed by atoms with Crippen molar-refractivity contribution in [2.45, 2.75) is 24.4 Å². The average molecular weight is 312 g/mol. The van der Waals surface area contributed by atoms with Crippen LogP contribution in [0.2, 0.25) is 5.02 Å². The lowest BCUT2D eigenvalue weighted by molar-refractivity contribution is -0.0168. The van der Waals surface area contributed by atoms with Crippen molar-refractivity contribution in [2.24, 2.45) is 7.05 Å². The van der Waals surface area contributed by atoms with E-state index in [0.717, 1.165) is 33.6 Å². The van der Waals surface area contributed by atoms with Gasteiger partial charge in [0.15, 0.2) is 11.9 Å². The molecule has 1 aliphatic heterocycles. The Hall–Kier alpha value is -1.24. The Morgan fingerprint density at radius 3 is 3.00 bits per heavy atom. The summed E-state index contributed by atoms with van der Waals surface area (Å²) in [6, 6.07) is 3.82. The van der Waals surface area contributed by atoms with Gasteiger partial charge in [0.25, 0.3) is 0 Å². The summed E-state index contributed by atoms with van der Waals surface area (Å²) in [6.45, 7) is 2.75. The van der Waals surface area contributed by atoms with Gasteiger partial charge in [-0.25, -0.2) is 0 Å². The number of hydrogen-bond donors (Lipinski definition) is 0. The second-order valence-corrected chi connectivity index (χ2v) is 5.92. The lowest BCUT2D eigenvalue weighted by Gasteiger charge is -2.20. The maximum atomic E-state index is 6.15. The first kappa shape index (κ1) is 13.7. The van der Waals surface area contributed by atoms with Crippen LogP contribution in [0.15, 0.2) is 17.3 Å². The molecule has 0 unspecified atom stereocenters. The predicted molar refractivity (Wildman–Crippen MR) is 77.0 cm³/mol. The molecule has 0 spiro atoms. The van der Waals surface area contributed by atoms with E-state index >= 15 is 0 Å². The van der Waals surface area contributed by atoms with E-state index in [-0.39, 0.29) is 6.79 Å². The molecule has 106 valence electrons. The molecule has 0 saturated heterocycles. The predicted octanol–water partition coefficient (Wildman–Crippen LogP) is 2.94. The van der Waals surface area contributed by atoms with Crippen LogP contribution in [-0.4, -0.2) is 21.6 Å². The molecule has 0 amide bonds. The molecule has 1 aromatic carbocycles. The van der Waals surface area contributed by atoms with Crippen LogP contribution >= 0.6 is 23.4 Å². The minimum absolute atomic E-state index is 0.287. The number of hydrogen-bond acceptors (Lipinski definition) is 5. The van der Waals surface area contributed by atoms with Gasteiger partial charge >= 0.3 is 0 Å². The largest absolute Gasteiger partial charge is 0.467 e. The second-order valence-electron chi connectivity index (χ2n) is 4.54. The first-order valence-corrected chi connectivity index (χ1v) is 7.52. The van der Waals surface area contributed by atoms with Gasteiger partial charge in [-0.3, -0.25) is 0 Å². The van der Waals surface area contributed by atoms with Crippen LogP contribution in [0.1, 0.15) is 17.0 Å². The molecule has 3 rings (SSSR count). The first-order valence-electron chi connectivity index (χ1n) is 6.16.